The molecular weight excluding hydrogens is 196 g/mol. The number of nitrogens with one attached hydrogen (secondary N) is 1. The maximum Gasteiger partial charge on any atom is 0.0337 e. The molecule has 1 aromatic rings. The Labute approximate surface area is 98.5 Å². The Morgan fingerprint density at radius 2 is 2.31 bits per heavy atom. The van der Waals surface area contributed by atoms with Crippen molar-refractivity contribution in [2.75, 3.05) is 0 Å². The second-order valence-electron chi connectivity index (χ2n) is 5.07. The lowest BCUT2D eigenvalue weighted by atomic mass is 9.81. The summed E-state index contributed by atoms with van der Waals surface area (Å²) in [5.41, 5.74) is 1.34. The quantitative estimate of drug-likeness (QED) is 0.820. The van der Waals surface area contributed by atoms with Gasteiger partial charge in [-0.25, -0.2) is 0 Å². The van der Waals surface area contributed by atoms with Crippen molar-refractivity contribution in [2.45, 2.75) is 51.6 Å². The van der Waals surface area contributed by atoms with Crippen LogP contribution < -0.4 is 5.32 Å². The first-order valence-electron chi connectivity index (χ1n) is 6.45. The van der Waals surface area contributed by atoms with Crippen LogP contribution in [0.5, 0.6) is 0 Å². The van der Waals surface area contributed by atoms with Crippen LogP contribution in [0.25, 0.3) is 0 Å². The largest absolute Gasteiger partial charge is 0.307 e. The van der Waals surface area contributed by atoms with Crippen LogP contribution in [-0.4, -0.2) is 11.0 Å². The molecule has 1 fully saturated rings. The molecule has 0 spiro atoms. The van der Waals surface area contributed by atoms with Crippen LogP contribution in [0, 0.1) is 5.92 Å². The van der Waals surface area contributed by atoms with Crippen molar-refractivity contribution in [1.82, 2.24) is 10.3 Å². The Morgan fingerprint density at radius 1 is 1.50 bits per heavy atom. The highest BCUT2D eigenvalue weighted by molar-refractivity contribution is 5.14. The molecule has 0 bridgehead atoms. The van der Waals surface area contributed by atoms with Gasteiger partial charge >= 0.3 is 0 Å². The van der Waals surface area contributed by atoms with E-state index in [1.165, 1.54) is 31.2 Å². The summed E-state index contributed by atoms with van der Waals surface area (Å²) in [5, 5.41) is 3.76. The highest BCUT2D eigenvalue weighted by Crippen LogP contribution is 2.29. The van der Waals surface area contributed by atoms with Crippen LogP contribution in [-0.2, 0) is 0 Å². The Hall–Kier alpha value is -0.890. The summed E-state index contributed by atoms with van der Waals surface area (Å²) in [7, 11) is 0. The molecule has 1 aromatic heterocycles. The molecule has 1 aliphatic rings. The van der Waals surface area contributed by atoms with Crippen LogP contribution >= 0.6 is 0 Å². The van der Waals surface area contributed by atoms with Crippen LogP contribution in [0.15, 0.2) is 24.5 Å². The van der Waals surface area contributed by atoms with Gasteiger partial charge in [0.25, 0.3) is 0 Å². The second-order valence-corrected chi connectivity index (χ2v) is 5.07. The maximum absolute atomic E-state index is 4.21. The molecule has 0 amide bonds. The van der Waals surface area contributed by atoms with E-state index in [1.807, 2.05) is 18.5 Å². The van der Waals surface area contributed by atoms with E-state index in [9.17, 15) is 0 Å². The minimum absolute atomic E-state index is 0.496. The number of pyridine rings is 1. The summed E-state index contributed by atoms with van der Waals surface area (Å²) in [5.74, 6) is 0.911. The van der Waals surface area contributed by atoms with Crippen molar-refractivity contribution in [2.24, 2.45) is 5.92 Å². The van der Waals surface area contributed by atoms with Gasteiger partial charge in [0, 0.05) is 24.5 Å². The first-order chi connectivity index (χ1) is 7.79. The molecule has 1 saturated carbocycles. The van der Waals surface area contributed by atoms with Crippen LogP contribution in [0.1, 0.15) is 51.1 Å². The predicted molar refractivity (Wildman–Crippen MR) is 67.2 cm³/mol. The van der Waals surface area contributed by atoms with E-state index in [4.69, 9.17) is 0 Å². The van der Waals surface area contributed by atoms with Gasteiger partial charge in [0.05, 0.1) is 0 Å². The van der Waals surface area contributed by atoms with Gasteiger partial charge in [-0.2, -0.15) is 0 Å². The van der Waals surface area contributed by atoms with E-state index in [0.717, 1.165) is 12.0 Å². The lowest BCUT2D eigenvalue weighted by Gasteiger charge is -2.36. The second kappa shape index (κ2) is 5.44. The van der Waals surface area contributed by atoms with Crippen molar-refractivity contribution in [3.05, 3.63) is 30.1 Å². The van der Waals surface area contributed by atoms with E-state index in [1.54, 1.807) is 0 Å². The first kappa shape index (κ1) is 11.6. The lowest BCUT2D eigenvalue weighted by Crippen LogP contribution is -2.42. The number of aromatic nitrogens is 1. The molecule has 1 unspecified atom stereocenters. The Balaban J connectivity index is 1.94. The van der Waals surface area contributed by atoms with Gasteiger partial charge in [0.1, 0.15) is 0 Å². The predicted octanol–water partition coefficient (Wildman–Crippen LogP) is 3.31. The molecule has 16 heavy (non-hydrogen) atoms. The van der Waals surface area contributed by atoms with Crippen LogP contribution in [0.4, 0.5) is 0 Å². The van der Waals surface area contributed by atoms with E-state index in [-0.39, 0.29) is 0 Å². The van der Waals surface area contributed by atoms with Gasteiger partial charge in [-0.05, 0) is 36.8 Å². The number of nitrogens with zero attached hydrogens (tertiary/aromatic N) is 1. The Morgan fingerprint density at radius 3 is 2.88 bits per heavy atom. The summed E-state index contributed by atoms with van der Waals surface area (Å²) < 4.78 is 0. The topological polar surface area (TPSA) is 24.9 Å². The smallest absolute Gasteiger partial charge is 0.0337 e. The van der Waals surface area contributed by atoms with Crippen molar-refractivity contribution in [1.29, 1.82) is 0 Å². The van der Waals surface area contributed by atoms with E-state index >= 15 is 0 Å². The zero-order valence-electron chi connectivity index (χ0n) is 10.3. The number of rotatable bonds is 5. The van der Waals surface area contributed by atoms with Gasteiger partial charge in [-0.3, -0.25) is 4.98 Å². The highest BCUT2D eigenvalue weighted by Gasteiger charge is 2.27. The zero-order valence-corrected chi connectivity index (χ0v) is 10.3. The lowest BCUT2D eigenvalue weighted by molar-refractivity contribution is 0.218. The molecule has 2 heteroatoms. The van der Waals surface area contributed by atoms with E-state index in [2.05, 4.69) is 30.2 Å². The molecule has 0 radical (unpaired) electrons. The molecule has 0 aromatic carbocycles. The monoisotopic (exact) mass is 218 g/mol. The van der Waals surface area contributed by atoms with Gasteiger partial charge in [0.2, 0.25) is 0 Å². The number of hydrogen-bond donors (Lipinski definition) is 1. The fourth-order valence-corrected chi connectivity index (χ4v) is 2.54. The van der Waals surface area contributed by atoms with E-state index in [0.29, 0.717) is 6.04 Å². The summed E-state index contributed by atoms with van der Waals surface area (Å²) in [4.78, 5) is 4.21. The third-order valence-electron chi connectivity index (χ3n) is 3.47. The third-order valence-corrected chi connectivity index (χ3v) is 3.47. The Kier molecular flexibility index (Phi) is 3.94. The fourth-order valence-electron chi connectivity index (χ4n) is 2.54. The summed E-state index contributed by atoms with van der Waals surface area (Å²) in [6.45, 7) is 4.57. The number of hydrogen-bond acceptors (Lipinski definition) is 2. The van der Waals surface area contributed by atoms with Crippen LogP contribution in [0.3, 0.4) is 0 Å². The molecule has 1 heterocycles. The average molecular weight is 218 g/mol. The molecule has 2 rings (SSSR count). The summed E-state index contributed by atoms with van der Waals surface area (Å²) in [6.07, 6.45) is 8.93. The zero-order chi connectivity index (χ0) is 11.4. The van der Waals surface area contributed by atoms with Gasteiger partial charge in [-0.15, -0.1) is 0 Å². The van der Waals surface area contributed by atoms with Gasteiger partial charge in [0.15, 0.2) is 0 Å². The average Bonchev–Trinajstić information content (AvgIpc) is 2.27. The van der Waals surface area contributed by atoms with Crippen molar-refractivity contribution in [3.63, 3.8) is 0 Å². The molecule has 2 nitrogen and oxygen atoms in total. The standard InChI is InChI=1S/C14H22N2/c1-3-5-14(12-6-4-7-15-10-12)16-13-8-11(2)9-13/h4,6-7,10-11,13-14,16H,3,5,8-9H2,1-2H3. The summed E-state index contributed by atoms with van der Waals surface area (Å²) in [6, 6.07) is 5.44. The van der Waals surface area contributed by atoms with Crippen LogP contribution in [0.2, 0.25) is 0 Å². The molecule has 1 atom stereocenters. The summed E-state index contributed by atoms with van der Waals surface area (Å²) >= 11 is 0. The molecule has 1 N–H and O–H groups in total. The normalized spacial score (nSPS) is 26.1. The Bertz CT molecular complexity index is 304. The third kappa shape index (κ3) is 2.82. The fraction of sp³-hybridized carbons (Fsp3) is 0.643. The molecule has 0 saturated heterocycles. The van der Waals surface area contributed by atoms with Crippen molar-refractivity contribution >= 4 is 0 Å². The first-order valence-corrected chi connectivity index (χ1v) is 6.45. The molecular formula is C14H22N2. The maximum atomic E-state index is 4.21. The highest BCUT2D eigenvalue weighted by atomic mass is 15.0. The SMILES string of the molecule is CCCC(NC1CC(C)C1)c1cccnc1. The van der Waals surface area contributed by atoms with E-state index < -0.39 is 0 Å². The molecule has 0 aliphatic heterocycles. The molecule has 1 aliphatic carbocycles. The van der Waals surface area contributed by atoms with Crippen molar-refractivity contribution in [3.8, 4) is 0 Å². The van der Waals surface area contributed by atoms with Gasteiger partial charge < -0.3 is 5.32 Å². The minimum Gasteiger partial charge on any atom is -0.307 e. The minimum atomic E-state index is 0.496. The molecule has 88 valence electrons. The van der Waals surface area contributed by atoms with Gasteiger partial charge in [-0.1, -0.05) is 26.3 Å². The van der Waals surface area contributed by atoms with Crippen molar-refractivity contribution < 1.29 is 0 Å².